The summed E-state index contributed by atoms with van der Waals surface area (Å²) < 4.78 is 16.1. The Morgan fingerprint density at radius 3 is 2.79 bits per heavy atom. The number of benzene rings is 1. The number of carbonyl (C=O) groups is 2. The number of rotatable bonds is 6. The lowest BCUT2D eigenvalue weighted by atomic mass is 9.98. The van der Waals surface area contributed by atoms with Gasteiger partial charge in [-0.2, -0.15) is 0 Å². The zero-order valence-electron chi connectivity index (χ0n) is 16.0. The molecule has 1 saturated heterocycles. The van der Waals surface area contributed by atoms with Crippen LogP contribution in [0.15, 0.2) is 36.7 Å². The second kappa shape index (κ2) is 8.71. The van der Waals surface area contributed by atoms with Crippen LogP contribution in [0.3, 0.4) is 0 Å². The molecule has 1 aromatic heterocycles. The van der Waals surface area contributed by atoms with Gasteiger partial charge in [0.1, 0.15) is 6.61 Å². The van der Waals surface area contributed by atoms with E-state index in [4.69, 9.17) is 14.2 Å². The number of morpholine rings is 1. The zero-order valence-corrected chi connectivity index (χ0v) is 16.0. The maximum atomic E-state index is 12.8. The van der Waals surface area contributed by atoms with Crippen molar-refractivity contribution in [3.63, 3.8) is 0 Å². The Bertz CT molecular complexity index is 871. The molecule has 2 atom stereocenters. The first kappa shape index (κ1) is 19.6. The van der Waals surface area contributed by atoms with Crippen molar-refractivity contribution in [2.24, 2.45) is 0 Å². The van der Waals surface area contributed by atoms with Gasteiger partial charge in [-0.25, -0.2) is 0 Å². The third-order valence-corrected chi connectivity index (χ3v) is 4.63. The van der Waals surface area contributed by atoms with Crippen molar-refractivity contribution in [3.05, 3.63) is 53.3 Å². The fraction of sp³-hybridized carbons (Fsp3) is 0.350. The third kappa shape index (κ3) is 4.23. The fourth-order valence-electron chi connectivity index (χ4n) is 3.07. The molecule has 0 saturated carbocycles. The third-order valence-electron chi connectivity index (χ3n) is 4.63. The van der Waals surface area contributed by atoms with Crippen molar-refractivity contribution in [2.45, 2.75) is 25.6 Å². The molecule has 1 aliphatic rings. The van der Waals surface area contributed by atoms with Gasteiger partial charge in [0.05, 0.1) is 20.3 Å². The van der Waals surface area contributed by atoms with Gasteiger partial charge in [0, 0.05) is 18.9 Å². The molecule has 8 heteroatoms. The molecule has 8 nitrogen and oxygen atoms in total. The molecule has 2 N–H and O–H groups in total. The number of methoxy groups -OCH3 is 2. The van der Waals surface area contributed by atoms with Crippen LogP contribution in [-0.4, -0.2) is 43.7 Å². The van der Waals surface area contributed by atoms with Gasteiger partial charge in [-0.3, -0.25) is 14.6 Å². The van der Waals surface area contributed by atoms with Crippen LogP contribution in [0.1, 0.15) is 22.7 Å². The summed E-state index contributed by atoms with van der Waals surface area (Å²) in [6, 6.07) is 6.44. The molecule has 2 amide bonds. The molecule has 0 radical (unpaired) electrons. The summed E-state index contributed by atoms with van der Waals surface area (Å²) in [6.07, 6.45) is 2.56. The van der Waals surface area contributed by atoms with E-state index in [2.05, 4.69) is 15.6 Å². The van der Waals surface area contributed by atoms with E-state index in [-0.39, 0.29) is 18.4 Å². The van der Waals surface area contributed by atoms with Crippen molar-refractivity contribution in [1.82, 2.24) is 15.6 Å². The predicted molar refractivity (Wildman–Crippen MR) is 101 cm³/mol. The molecule has 1 aromatic carbocycles. The number of ether oxygens (including phenoxy) is 3. The average molecular weight is 385 g/mol. The van der Waals surface area contributed by atoms with Gasteiger partial charge in [0.2, 0.25) is 5.91 Å². The lowest BCUT2D eigenvalue weighted by Gasteiger charge is -2.32. The highest BCUT2D eigenvalue weighted by Crippen LogP contribution is 2.32. The number of carbonyl (C=O) groups excluding carboxylic acids is 2. The van der Waals surface area contributed by atoms with Gasteiger partial charge in [-0.15, -0.1) is 0 Å². The van der Waals surface area contributed by atoms with E-state index in [1.165, 1.54) is 7.11 Å². The standard InChI is InChI=1S/C20H23N3O5/c1-12-9-21-7-6-14(12)10-22-20(25)19-18(23-17(24)11-28-19)13-4-5-15(26-2)16(8-13)27-3/h4-9,18-19H,10-11H2,1-3H3,(H,22,25)(H,23,24)/t18-,19+/m1/s1. The molecule has 0 aliphatic carbocycles. The van der Waals surface area contributed by atoms with Gasteiger partial charge in [-0.1, -0.05) is 6.07 Å². The minimum atomic E-state index is -0.863. The Morgan fingerprint density at radius 1 is 1.29 bits per heavy atom. The minimum Gasteiger partial charge on any atom is -0.493 e. The Hall–Kier alpha value is -3.13. The molecular weight excluding hydrogens is 362 g/mol. The van der Waals surface area contributed by atoms with Gasteiger partial charge < -0.3 is 24.8 Å². The van der Waals surface area contributed by atoms with E-state index in [9.17, 15) is 9.59 Å². The Morgan fingerprint density at radius 2 is 2.07 bits per heavy atom. The molecule has 1 aliphatic heterocycles. The first-order valence-electron chi connectivity index (χ1n) is 8.83. The number of nitrogens with zero attached hydrogens (tertiary/aromatic N) is 1. The molecule has 3 rings (SSSR count). The van der Waals surface area contributed by atoms with Crippen molar-refractivity contribution in [3.8, 4) is 11.5 Å². The average Bonchev–Trinajstić information content (AvgIpc) is 2.72. The second-order valence-corrected chi connectivity index (χ2v) is 6.41. The quantitative estimate of drug-likeness (QED) is 0.777. The van der Waals surface area contributed by atoms with Crippen LogP contribution in [0, 0.1) is 6.92 Å². The van der Waals surface area contributed by atoms with Crippen LogP contribution >= 0.6 is 0 Å². The number of aryl methyl sites for hydroxylation is 1. The van der Waals surface area contributed by atoms with E-state index in [0.29, 0.717) is 23.6 Å². The van der Waals surface area contributed by atoms with Crippen LogP contribution < -0.4 is 20.1 Å². The van der Waals surface area contributed by atoms with E-state index in [1.54, 1.807) is 37.7 Å². The first-order chi connectivity index (χ1) is 13.5. The number of nitrogens with one attached hydrogen (secondary N) is 2. The Balaban J connectivity index is 1.79. The Labute approximate surface area is 163 Å². The van der Waals surface area contributed by atoms with E-state index < -0.39 is 12.1 Å². The van der Waals surface area contributed by atoms with Crippen molar-refractivity contribution >= 4 is 11.8 Å². The first-order valence-corrected chi connectivity index (χ1v) is 8.83. The highest BCUT2D eigenvalue weighted by Gasteiger charge is 2.36. The van der Waals surface area contributed by atoms with Crippen molar-refractivity contribution in [2.75, 3.05) is 20.8 Å². The normalized spacial score (nSPS) is 18.9. The Kier molecular flexibility index (Phi) is 6.10. The summed E-state index contributed by atoms with van der Waals surface area (Å²) in [7, 11) is 3.07. The largest absolute Gasteiger partial charge is 0.493 e. The molecule has 2 aromatic rings. The SMILES string of the molecule is COc1ccc([C@H]2NC(=O)CO[C@@H]2C(=O)NCc2ccncc2C)cc1OC. The van der Waals surface area contributed by atoms with E-state index in [0.717, 1.165) is 11.1 Å². The minimum absolute atomic E-state index is 0.170. The number of pyridine rings is 1. The maximum Gasteiger partial charge on any atom is 0.251 e. The molecule has 28 heavy (non-hydrogen) atoms. The second-order valence-electron chi connectivity index (χ2n) is 6.41. The van der Waals surface area contributed by atoms with Crippen LogP contribution in [-0.2, 0) is 20.9 Å². The fourth-order valence-corrected chi connectivity index (χ4v) is 3.07. The van der Waals surface area contributed by atoms with Crippen molar-refractivity contribution < 1.29 is 23.8 Å². The maximum absolute atomic E-state index is 12.8. The summed E-state index contributed by atoms with van der Waals surface area (Å²) in [5.74, 6) is 0.472. The molecule has 1 fully saturated rings. The van der Waals surface area contributed by atoms with Crippen LogP contribution in [0.25, 0.3) is 0 Å². The number of amides is 2. The molecule has 0 bridgehead atoms. The summed E-state index contributed by atoms with van der Waals surface area (Å²) in [6.45, 7) is 2.11. The topological polar surface area (TPSA) is 98.8 Å². The summed E-state index contributed by atoms with van der Waals surface area (Å²) in [5, 5.41) is 5.71. The number of aromatic nitrogens is 1. The van der Waals surface area contributed by atoms with Crippen LogP contribution in [0.2, 0.25) is 0 Å². The molecule has 2 heterocycles. The highest BCUT2D eigenvalue weighted by molar-refractivity contribution is 5.86. The van der Waals surface area contributed by atoms with Crippen molar-refractivity contribution in [1.29, 1.82) is 0 Å². The van der Waals surface area contributed by atoms with Crippen LogP contribution in [0.5, 0.6) is 11.5 Å². The summed E-state index contributed by atoms with van der Waals surface area (Å²) in [4.78, 5) is 28.7. The summed E-state index contributed by atoms with van der Waals surface area (Å²) >= 11 is 0. The lowest BCUT2D eigenvalue weighted by Crippen LogP contribution is -2.52. The van der Waals surface area contributed by atoms with Gasteiger partial charge in [-0.05, 0) is 41.8 Å². The number of hydrogen-bond acceptors (Lipinski definition) is 6. The molecule has 148 valence electrons. The lowest BCUT2D eigenvalue weighted by molar-refractivity contribution is -0.148. The van der Waals surface area contributed by atoms with E-state index >= 15 is 0 Å². The van der Waals surface area contributed by atoms with E-state index in [1.807, 2.05) is 13.0 Å². The summed E-state index contributed by atoms with van der Waals surface area (Å²) in [5.41, 5.74) is 2.63. The van der Waals surface area contributed by atoms with Gasteiger partial charge in [0.25, 0.3) is 5.91 Å². The van der Waals surface area contributed by atoms with Gasteiger partial charge >= 0.3 is 0 Å². The van der Waals surface area contributed by atoms with Gasteiger partial charge in [0.15, 0.2) is 17.6 Å². The molecule has 0 spiro atoms. The monoisotopic (exact) mass is 385 g/mol. The molecule has 0 unspecified atom stereocenters. The highest BCUT2D eigenvalue weighted by atomic mass is 16.5. The molecular formula is C20H23N3O5. The number of hydrogen-bond donors (Lipinski definition) is 2. The predicted octanol–water partition coefficient (Wildman–Crippen LogP) is 1.28. The smallest absolute Gasteiger partial charge is 0.251 e. The van der Waals surface area contributed by atoms with Crippen LogP contribution in [0.4, 0.5) is 0 Å². The zero-order chi connectivity index (χ0) is 20.1.